The number of thiol groups is 3. The SMILES string of the molecule is N#C/C(=C\c1ccc(C2=CC=C(c3ccc(/C=C(\C#N)C4=CC=CC(=N)/C4=N\S)s3)/C(=N/S)C2=N)s1)C1=CC=CC(=N)/C1=N\S. The van der Waals surface area contributed by atoms with E-state index in [9.17, 15) is 10.5 Å². The van der Waals surface area contributed by atoms with Crippen LogP contribution < -0.4 is 0 Å². The van der Waals surface area contributed by atoms with Crippen LogP contribution in [0.2, 0.25) is 0 Å². The van der Waals surface area contributed by atoms with Gasteiger partial charge in [-0.1, -0.05) is 36.5 Å². The molecular weight excluding hydrogens is 657 g/mol. The van der Waals surface area contributed by atoms with E-state index in [0.717, 1.165) is 25.1 Å². The first-order valence-electron chi connectivity index (χ1n) is 12.9. The van der Waals surface area contributed by atoms with Gasteiger partial charge in [0, 0.05) is 41.8 Å². The molecule has 3 aliphatic carbocycles. The minimum Gasteiger partial charge on any atom is -0.299 e. The Morgan fingerprint density at radius 1 is 0.644 bits per heavy atom. The van der Waals surface area contributed by atoms with E-state index in [1.165, 1.54) is 22.7 Å². The van der Waals surface area contributed by atoms with Crippen molar-refractivity contribution < 1.29 is 0 Å². The van der Waals surface area contributed by atoms with Gasteiger partial charge in [0.25, 0.3) is 0 Å². The van der Waals surface area contributed by atoms with Crippen LogP contribution in [0.1, 0.15) is 19.5 Å². The van der Waals surface area contributed by atoms with Crippen molar-refractivity contribution in [2.45, 2.75) is 0 Å². The number of rotatable bonds is 6. The van der Waals surface area contributed by atoms with Gasteiger partial charge in [0.2, 0.25) is 0 Å². The number of allylic oxidation sites excluding steroid dienone is 14. The standard InChI is InChI=1S/C32H20N8S5/c33-15-17(21-3-1-5-25(35)30(21)38-41)13-19-7-11-27(44-19)23-9-10-24(32(40-43)29(23)37)28-12-8-20(45-28)14-18(16-34)22-4-2-6-26(36)31(22)39-42/h1-14,35-37,41-43H/b17-13+,18-14+,35-25?,36-26?,37-29?,38-30-,39-31-,40-32-. The second-order valence-electron chi connectivity index (χ2n) is 9.33. The summed E-state index contributed by atoms with van der Waals surface area (Å²) in [6.07, 6.45) is 17.3. The fraction of sp³-hybridized carbons (Fsp3) is 0. The van der Waals surface area contributed by atoms with Gasteiger partial charge in [-0.05, 0) is 87.0 Å². The topological polar surface area (TPSA) is 156 Å². The second kappa shape index (κ2) is 14.0. The summed E-state index contributed by atoms with van der Waals surface area (Å²) >= 11 is 15.0. The highest BCUT2D eigenvalue weighted by molar-refractivity contribution is 7.79. The van der Waals surface area contributed by atoms with Crippen LogP contribution in [0, 0.1) is 38.9 Å². The van der Waals surface area contributed by atoms with Gasteiger partial charge in [0.15, 0.2) is 0 Å². The summed E-state index contributed by atoms with van der Waals surface area (Å²) in [6.45, 7) is 0. The number of nitriles is 2. The highest BCUT2D eigenvalue weighted by Gasteiger charge is 2.25. The molecule has 5 rings (SSSR count). The second-order valence-corrected chi connectivity index (χ2v) is 12.2. The molecule has 0 spiro atoms. The lowest BCUT2D eigenvalue weighted by Gasteiger charge is -2.16. The van der Waals surface area contributed by atoms with E-state index in [2.05, 4.69) is 63.8 Å². The van der Waals surface area contributed by atoms with Crippen LogP contribution in [0.15, 0.2) is 108 Å². The van der Waals surface area contributed by atoms with E-state index in [4.69, 9.17) is 16.2 Å². The lowest BCUT2D eigenvalue weighted by Crippen LogP contribution is -2.18. The van der Waals surface area contributed by atoms with Crippen LogP contribution in [0.4, 0.5) is 0 Å². The molecule has 0 aromatic carbocycles. The van der Waals surface area contributed by atoms with Gasteiger partial charge < -0.3 is 0 Å². The number of hydrogen-bond donors (Lipinski definition) is 6. The van der Waals surface area contributed by atoms with Gasteiger partial charge >= 0.3 is 0 Å². The molecule has 0 bridgehead atoms. The molecule has 2 aromatic heterocycles. The Balaban J connectivity index is 1.44. The maximum Gasteiger partial charge on any atom is 0.105 e. The van der Waals surface area contributed by atoms with Gasteiger partial charge in [-0.25, -0.2) is 13.2 Å². The molecule has 0 fully saturated rings. The highest BCUT2D eigenvalue weighted by Crippen LogP contribution is 2.36. The fourth-order valence-corrected chi connectivity index (χ4v) is 7.21. The molecule has 13 heteroatoms. The number of thiophene rings is 2. The van der Waals surface area contributed by atoms with Gasteiger partial charge in [0.05, 0.1) is 40.4 Å². The van der Waals surface area contributed by atoms with Crippen molar-refractivity contribution in [1.29, 1.82) is 26.8 Å². The van der Waals surface area contributed by atoms with Crippen LogP contribution in [0.5, 0.6) is 0 Å². The molecule has 2 heterocycles. The molecule has 3 aliphatic rings. The maximum atomic E-state index is 9.86. The molecule has 0 radical (unpaired) electrons. The zero-order valence-electron chi connectivity index (χ0n) is 23.0. The third kappa shape index (κ3) is 6.44. The molecular formula is C32H20N8S5. The number of nitrogens with zero attached hydrogens (tertiary/aromatic N) is 5. The Kier molecular flexibility index (Phi) is 9.88. The van der Waals surface area contributed by atoms with E-state index < -0.39 is 0 Å². The Morgan fingerprint density at radius 3 is 1.53 bits per heavy atom. The number of nitrogens with one attached hydrogen (secondary N) is 3. The molecule has 0 saturated heterocycles. The summed E-state index contributed by atoms with van der Waals surface area (Å²) in [5.74, 6) is 0. The van der Waals surface area contributed by atoms with Crippen LogP contribution in [-0.2, 0) is 0 Å². The molecule has 0 atom stereocenters. The van der Waals surface area contributed by atoms with Crippen LogP contribution in [0.25, 0.3) is 23.3 Å². The summed E-state index contributed by atoms with van der Waals surface area (Å²) < 4.78 is 11.9. The lowest BCUT2D eigenvalue weighted by atomic mass is 9.92. The average molecular weight is 677 g/mol. The van der Waals surface area contributed by atoms with Gasteiger partial charge in [-0.2, -0.15) is 10.5 Å². The quantitative estimate of drug-likeness (QED) is 0.104. The van der Waals surface area contributed by atoms with E-state index >= 15 is 0 Å². The smallest absolute Gasteiger partial charge is 0.105 e. The normalized spacial score (nSPS) is 19.8. The van der Waals surface area contributed by atoms with Crippen molar-refractivity contribution in [2.75, 3.05) is 0 Å². The lowest BCUT2D eigenvalue weighted by molar-refractivity contribution is 1.47. The summed E-state index contributed by atoms with van der Waals surface area (Å²) in [5.41, 5.74) is 4.74. The minimum atomic E-state index is 0.175. The average Bonchev–Trinajstić information content (AvgIpc) is 3.72. The van der Waals surface area contributed by atoms with Gasteiger partial charge in [-0.15, -0.1) is 22.7 Å². The van der Waals surface area contributed by atoms with Crippen molar-refractivity contribution in [3.63, 3.8) is 0 Å². The van der Waals surface area contributed by atoms with Crippen molar-refractivity contribution in [3.05, 3.63) is 115 Å². The van der Waals surface area contributed by atoms with Crippen LogP contribution in [-0.4, -0.2) is 34.3 Å². The van der Waals surface area contributed by atoms with E-state index in [-0.39, 0.29) is 17.1 Å². The highest BCUT2D eigenvalue weighted by atomic mass is 32.1. The zero-order chi connectivity index (χ0) is 32.1. The summed E-state index contributed by atoms with van der Waals surface area (Å²) in [4.78, 5) is 3.26. The maximum absolute atomic E-state index is 9.86. The fourth-order valence-electron chi connectivity index (χ4n) is 4.61. The predicted molar refractivity (Wildman–Crippen MR) is 199 cm³/mol. The molecule has 0 saturated carbocycles. The van der Waals surface area contributed by atoms with Crippen molar-refractivity contribution in [3.8, 4) is 12.1 Å². The number of hydrogen-bond acceptors (Lipinski definition) is 13. The molecule has 218 valence electrons. The van der Waals surface area contributed by atoms with Crippen LogP contribution >= 0.6 is 61.1 Å². The first-order chi connectivity index (χ1) is 21.8. The molecule has 8 nitrogen and oxygen atoms in total. The largest absolute Gasteiger partial charge is 0.299 e. The molecule has 45 heavy (non-hydrogen) atoms. The Bertz CT molecular complexity index is 2100. The zero-order valence-corrected chi connectivity index (χ0v) is 27.3. The minimum absolute atomic E-state index is 0.175. The monoisotopic (exact) mass is 676 g/mol. The predicted octanol–water partition coefficient (Wildman–Crippen LogP) is 8.01. The Labute approximate surface area is 283 Å². The Hall–Kier alpha value is -4.63. The first-order valence-corrected chi connectivity index (χ1v) is 15.7. The molecule has 0 amide bonds. The van der Waals surface area contributed by atoms with Crippen molar-refractivity contribution >= 4 is 119 Å². The van der Waals surface area contributed by atoms with E-state index in [0.29, 0.717) is 45.0 Å². The third-order valence-corrected chi connectivity index (χ3v) is 9.46. The van der Waals surface area contributed by atoms with E-state index in [1.54, 1.807) is 48.6 Å². The van der Waals surface area contributed by atoms with E-state index in [1.807, 2.05) is 36.4 Å². The molecule has 0 aliphatic heterocycles. The summed E-state index contributed by atoms with van der Waals surface area (Å²) in [5, 5.41) is 44.8. The van der Waals surface area contributed by atoms with Crippen LogP contribution in [0.3, 0.4) is 0 Å². The summed E-state index contributed by atoms with van der Waals surface area (Å²) in [6, 6.07) is 11.9. The molecule has 3 N–H and O–H groups in total. The third-order valence-electron chi connectivity index (χ3n) is 6.73. The Morgan fingerprint density at radius 2 is 1.09 bits per heavy atom. The summed E-state index contributed by atoms with van der Waals surface area (Å²) in [7, 11) is 0. The molecule has 2 aromatic rings. The van der Waals surface area contributed by atoms with Crippen molar-refractivity contribution in [2.24, 2.45) is 13.2 Å². The van der Waals surface area contributed by atoms with Gasteiger partial charge in [0.1, 0.15) is 17.1 Å². The van der Waals surface area contributed by atoms with Gasteiger partial charge in [-0.3, -0.25) is 16.2 Å². The van der Waals surface area contributed by atoms with Crippen molar-refractivity contribution in [1.82, 2.24) is 0 Å². The first kappa shape index (κ1) is 31.8. The molecule has 0 unspecified atom stereocenters.